The molecule has 0 spiro atoms. The van der Waals surface area contributed by atoms with Crippen LogP contribution in [0.2, 0.25) is 0 Å². The normalized spacial score (nSPS) is 13.2. The Morgan fingerprint density at radius 2 is 2.00 bits per heavy atom. The molecule has 0 aliphatic carbocycles. The lowest BCUT2D eigenvalue weighted by Crippen LogP contribution is -2.07. The third-order valence-electron chi connectivity index (χ3n) is 1.86. The van der Waals surface area contributed by atoms with Crippen molar-refractivity contribution in [1.29, 1.82) is 0 Å². The van der Waals surface area contributed by atoms with E-state index in [1.54, 1.807) is 0 Å². The summed E-state index contributed by atoms with van der Waals surface area (Å²) in [5, 5.41) is 0. The van der Waals surface area contributed by atoms with Crippen LogP contribution < -0.4 is 0 Å². The largest absolute Gasteiger partial charge is 0.103 e. The summed E-state index contributed by atoms with van der Waals surface area (Å²) >= 11 is 0. The number of allylic oxidation sites excluding steroid dienone is 2. The molecule has 0 saturated carbocycles. The predicted octanol–water partition coefficient (Wildman–Crippen LogP) is 3.41. The molecule has 0 aliphatic rings. The van der Waals surface area contributed by atoms with Crippen LogP contribution in [0.3, 0.4) is 0 Å². The Hall–Kier alpha value is -0.520. The van der Waals surface area contributed by atoms with Gasteiger partial charge in [0.2, 0.25) is 0 Å². The molecule has 1 unspecified atom stereocenters. The highest BCUT2D eigenvalue weighted by atomic mass is 14.2. The van der Waals surface area contributed by atoms with E-state index < -0.39 is 0 Å². The summed E-state index contributed by atoms with van der Waals surface area (Å²) in [7, 11) is 0. The number of hydrogen-bond donors (Lipinski definition) is 0. The fraction of sp³-hybridized carbons (Fsp3) is 0.600. The molecular weight excluding hydrogens is 120 g/mol. The minimum absolute atomic E-state index is 0.623. The molecule has 0 nitrogen and oxygen atoms in total. The first kappa shape index (κ1) is 9.48. The third-order valence-corrected chi connectivity index (χ3v) is 1.86. The molecule has 0 aromatic rings. The van der Waals surface area contributed by atoms with E-state index in [1.807, 2.05) is 6.08 Å². The molecule has 1 atom stereocenters. The fourth-order valence-electron chi connectivity index (χ4n) is 1.22. The molecule has 0 N–H and O–H groups in total. The van der Waals surface area contributed by atoms with Gasteiger partial charge in [0.05, 0.1) is 0 Å². The van der Waals surface area contributed by atoms with Gasteiger partial charge in [-0.2, -0.15) is 0 Å². The van der Waals surface area contributed by atoms with E-state index in [2.05, 4.69) is 33.9 Å². The van der Waals surface area contributed by atoms with Crippen molar-refractivity contribution in [3.05, 3.63) is 24.8 Å². The van der Waals surface area contributed by atoms with E-state index in [0.29, 0.717) is 11.8 Å². The lowest BCUT2D eigenvalue weighted by Gasteiger charge is -2.18. The Bertz CT molecular complexity index is 120. The molecular formula is C10H18. The molecule has 0 amide bonds. The maximum absolute atomic E-state index is 3.95. The standard InChI is InChI=1S/C10H18/c1-6-7-10(8(2)3)9(4)5/h6,9-10H,1-2,7H2,3-5H3. The Labute approximate surface area is 64.6 Å². The summed E-state index contributed by atoms with van der Waals surface area (Å²) < 4.78 is 0. The number of rotatable bonds is 4. The van der Waals surface area contributed by atoms with E-state index in [9.17, 15) is 0 Å². The SMILES string of the molecule is C=CCC(C(=C)C)C(C)C. The van der Waals surface area contributed by atoms with Crippen molar-refractivity contribution in [2.45, 2.75) is 27.2 Å². The minimum atomic E-state index is 0.623. The minimum Gasteiger partial charge on any atom is -0.103 e. The Balaban J connectivity index is 3.97. The summed E-state index contributed by atoms with van der Waals surface area (Å²) in [5.41, 5.74) is 1.27. The average Bonchev–Trinajstić information content (AvgIpc) is 1.81. The lowest BCUT2D eigenvalue weighted by atomic mass is 9.87. The van der Waals surface area contributed by atoms with Gasteiger partial charge in [-0.25, -0.2) is 0 Å². The molecule has 0 heterocycles. The maximum Gasteiger partial charge on any atom is -0.0151 e. The fourth-order valence-corrected chi connectivity index (χ4v) is 1.22. The average molecular weight is 138 g/mol. The van der Waals surface area contributed by atoms with Crippen molar-refractivity contribution in [2.24, 2.45) is 11.8 Å². The molecule has 10 heavy (non-hydrogen) atoms. The van der Waals surface area contributed by atoms with Crippen molar-refractivity contribution < 1.29 is 0 Å². The first-order valence-corrected chi connectivity index (χ1v) is 3.86. The van der Waals surface area contributed by atoms with Crippen molar-refractivity contribution in [3.8, 4) is 0 Å². The molecule has 0 saturated heterocycles. The first-order chi connectivity index (χ1) is 4.59. The van der Waals surface area contributed by atoms with Crippen LogP contribution in [0.1, 0.15) is 27.2 Å². The summed E-state index contributed by atoms with van der Waals surface area (Å²) in [6.07, 6.45) is 3.03. The molecule has 0 fully saturated rings. The zero-order chi connectivity index (χ0) is 8.15. The van der Waals surface area contributed by atoms with Gasteiger partial charge in [-0.3, -0.25) is 0 Å². The summed E-state index contributed by atoms with van der Waals surface area (Å²) in [6.45, 7) is 14.2. The van der Waals surface area contributed by atoms with Gasteiger partial charge in [0, 0.05) is 0 Å². The van der Waals surface area contributed by atoms with Crippen LogP contribution in [0.15, 0.2) is 24.8 Å². The predicted molar refractivity (Wildman–Crippen MR) is 48.0 cm³/mol. The van der Waals surface area contributed by atoms with Crippen LogP contribution in [0.5, 0.6) is 0 Å². The van der Waals surface area contributed by atoms with Gasteiger partial charge in [-0.15, -0.1) is 6.58 Å². The van der Waals surface area contributed by atoms with Crippen LogP contribution >= 0.6 is 0 Å². The van der Waals surface area contributed by atoms with Crippen LogP contribution in [-0.2, 0) is 0 Å². The van der Waals surface area contributed by atoms with Gasteiger partial charge in [-0.1, -0.05) is 32.1 Å². The zero-order valence-corrected chi connectivity index (χ0v) is 7.35. The molecule has 0 aromatic heterocycles. The summed E-state index contributed by atoms with van der Waals surface area (Å²) in [4.78, 5) is 0. The Morgan fingerprint density at radius 1 is 1.50 bits per heavy atom. The van der Waals surface area contributed by atoms with Gasteiger partial charge in [0.25, 0.3) is 0 Å². The highest BCUT2D eigenvalue weighted by molar-refractivity contribution is 4.99. The van der Waals surface area contributed by atoms with E-state index >= 15 is 0 Å². The quantitative estimate of drug-likeness (QED) is 0.522. The Morgan fingerprint density at radius 3 is 2.10 bits per heavy atom. The van der Waals surface area contributed by atoms with E-state index in [1.165, 1.54) is 5.57 Å². The topological polar surface area (TPSA) is 0 Å². The van der Waals surface area contributed by atoms with Crippen LogP contribution in [0.25, 0.3) is 0 Å². The van der Waals surface area contributed by atoms with Gasteiger partial charge in [0.15, 0.2) is 0 Å². The zero-order valence-electron chi connectivity index (χ0n) is 7.35. The van der Waals surface area contributed by atoms with E-state index in [-0.39, 0.29) is 0 Å². The smallest absolute Gasteiger partial charge is 0.0151 e. The summed E-state index contributed by atoms with van der Waals surface area (Å²) in [6, 6.07) is 0. The second-order valence-electron chi connectivity index (χ2n) is 3.22. The van der Waals surface area contributed by atoms with Gasteiger partial charge < -0.3 is 0 Å². The van der Waals surface area contributed by atoms with Crippen molar-refractivity contribution in [3.63, 3.8) is 0 Å². The van der Waals surface area contributed by atoms with Gasteiger partial charge >= 0.3 is 0 Å². The second kappa shape index (κ2) is 4.32. The second-order valence-corrected chi connectivity index (χ2v) is 3.22. The van der Waals surface area contributed by atoms with Crippen molar-refractivity contribution >= 4 is 0 Å². The molecule has 0 rings (SSSR count). The van der Waals surface area contributed by atoms with Crippen LogP contribution in [0, 0.1) is 11.8 Å². The van der Waals surface area contributed by atoms with Crippen LogP contribution in [0.4, 0.5) is 0 Å². The lowest BCUT2D eigenvalue weighted by molar-refractivity contribution is 0.448. The van der Waals surface area contributed by atoms with Gasteiger partial charge in [0.1, 0.15) is 0 Å². The molecule has 0 aliphatic heterocycles. The molecule has 0 radical (unpaired) electrons. The van der Waals surface area contributed by atoms with E-state index in [4.69, 9.17) is 0 Å². The monoisotopic (exact) mass is 138 g/mol. The first-order valence-electron chi connectivity index (χ1n) is 3.86. The Kier molecular flexibility index (Phi) is 4.10. The van der Waals surface area contributed by atoms with Crippen molar-refractivity contribution in [1.82, 2.24) is 0 Å². The van der Waals surface area contributed by atoms with Crippen LogP contribution in [-0.4, -0.2) is 0 Å². The number of hydrogen-bond acceptors (Lipinski definition) is 0. The van der Waals surface area contributed by atoms with E-state index in [0.717, 1.165) is 6.42 Å². The van der Waals surface area contributed by atoms with Gasteiger partial charge in [-0.05, 0) is 25.2 Å². The highest BCUT2D eigenvalue weighted by Crippen LogP contribution is 2.22. The molecule has 0 bridgehead atoms. The maximum atomic E-state index is 3.95. The highest BCUT2D eigenvalue weighted by Gasteiger charge is 2.10. The summed E-state index contributed by atoms with van der Waals surface area (Å²) in [5.74, 6) is 1.31. The molecule has 0 heteroatoms. The molecule has 0 aromatic carbocycles. The van der Waals surface area contributed by atoms with Crippen molar-refractivity contribution in [2.75, 3.05) is 0 Å². The molecule has 58 valence electrons. The third kappa shape index (κ3) is 2.86.